The predicted octanol–water partition coefficient (Wildman–Crippen LogP) is 0.774. The fraction of sp³-hybridized carbons (Fsp3) is 0.400. The van der Waals surface area contributed by atoms with Gasteiger partial charge >= 0.3 is 0 Å². The van der Waals surface area contributed by atoms with E-state index >= 15 is 0 Å². The van der Waals surface area contributed by atoms with Gasteiger partial charge in [0.1, 0.15) is 5.82 Å². The molecular weight excluding hydrogens is 194 g/mol. The van der Waals surface area contributed by atoms with E-state index in [1.807, 2.05) is 6.92 Å². The van der Waals surface area contributed by atoms with E-state index in [0.717, 1.165) is 5.57 Å². The Morgan fingerprint density at radius 1 is 1.73 bits per heavy atom. The third kappa shape index (κ3) is 4.97. The molecule has 0 amide bonds. The van der Waals surface area contributed by atoms with Crippen LogP contribution in [0.25, 0.3) is 0 Å². The molecule has 0 aliphatic carbocycles. The van der Waals surface area contributed by atoms with Gasteiger partial charge in [-0.3, -0.25) is 4.79 Å². The van der Waals surface area contributed by atoms with Gasteiger partial charge in [-0.2, -0.15) is 0 Å². The van der Waals surface area contributed by atoms with Crippen molar-refractivity contribution in [2.45, 2.75) is 6.92 Å². The number of nitrogens with zero attached hydrogens (tertiary/aromatic N) is 1. The van der Waals surface area contributed by atoms with Crippen LogP contribution in [0.5, 0.6) is 0 Å². The molecule has 2 N–H and O–H groups in total. The normalized spacial score (nSPS) is 9.93. The Bertz CT molecular complexity index is 373. The minimum atomic E-state index is -0.171. The molecule has 0 unspecified atom stereocenters. The maximum atomic E-state index is 10.9. The van der Waals surface area contributed by atoms with Crippen molar-refractivity contribution in [1.29, 1.82) is 0 Å². The van der Waals surface area contributed by atoms with Crippen molar-refractivity contribution in [3.8, 4) is 0 Å². The average Bonchev–Trinajstić information content (AvgIpc) is 2.17. The average molecular weight is 209 g/mol. The third-order valence-corrected chi connectivity index (χ3v) is 1.58. The lowest BCUT2D eigenvalue weighted by molar-refractivity contribution is 0.167. The molecule has 0 radical (unpaired) electrons. The van der Waals surface area contributed by atoms with E-state index in [1.54, 1.807) is 0 Å². The Morgan fingerprint density at radius 2 is 2.53 bits per heavy atom. The van der Waals surface area contributed by atoms with Gasteiger partial charge in [0.2, 0.25) is 0 Å². The summed E-state index contributed by atoms with van der Waals surface area (Å²) in [6.45, 7) is 7.36. The molecule has 5 heteroatoms. The van der Waals surface area contributed by atoms with Crippen LogP contribution < -0.4 is 10.9 Å². The number of hydrogen-bond acceptors (Lipinski definition) is 4. The number of ether oxygens (including phenoxy) is 1. The van der Waals surface area contributed by atoms with Crippen molar-refractivity contribution in [3.05, 3.63) is 34.9 Å². The van der Waals surface area contributed by atoms with Crippen molar-refractivity contribution in [1.82, 2.24) is 9.97 Å². The molecule has 0 saturated carbocycles. The SMILES string of the molecule is C=C(C)COCCNc1cc(=O)[nH]cn1. The Hall–Kier alpha value is -1.62. The van der Waals surface area contributed by atoms with Crippen molar-refractivity contribution < 1.29 is 4.74 Å². The van der Waals surface area contributed by atoms with Crippen LogP contribution in [0.3, 0.4) is 0 Å². The summed E-state index contributed by atoms with van der Waals surface area (Å²) in [6.07, 6.45) is 1.36. The summed E-state index contributed by atoms with van der Waals surface area (Å²) in [6, 6.07) is 1.40. The van der Waals surface area contributed by atoms with E-state index in [2.05, 4.69) is 21.9 Å². The fourth-order valence-corrected chi connectivity index (χ4v) is 0.963. The molecule has 0 atom stereocenters. The number of aromatic amines is 1. The summed E-state index contributed by atoms with van der Waals surface area (Å²) in [5, 5.41) is 2.97. The van der Waals surface area contributed by atoms with Crippen LogP contribution in [0.1, 0.15) is 6.92 Å². The molecule has 0 aromatic carbocycles. The Balaban J connectivity index is 2.20. The molecule has 0 saturated heterocycles. The van der Waals surface area contributed by atoms with Crippen LogP contribution in [0.4, 0.5) is 5.82 Å². The first kappa shape index (κ1) is 11.5. The number of aromatic nitrogens is 2. The molecule has 15 heavy (non-hydrogen) atoms. The minimum absolute atomic E-state index is 0.171. The number of H-pyrrole nitrogens is 1. The molecule has 1 heterocycles. The summed E-state index contributed by atoms with van der Waals surface area (Å²) in [5.74, 6) is 0.553. The standard InChI is InChI=1S/C10H15N3O2/c1-8(2)6-15-4-3-11-9-5-10(14)13-7-12-9/h5,7H,1,3-4,6H2,2H3,(H2,11,12,13,14). The Kier molecular flexibility index (Phi) is 4.56. The summed E-state index contributed by atoms with van der Waals surface area (Å²) in [4.78, 5) is 17.3. The van der Waals surface area contributed by atoms with E-state index in [9.17, 15) is 4.79 Å². The van der Waals surface area contributed by atoms with Gasteiger partial charge in [0.15, 0.2) is 0 Å². The van der Waals surface area contributed by atoms with Gasteiger partial charge < -0.3 is 15.0 Å². The number of rotatable bonds is 6. The van der Waals surface area contributed by atoms with Crippen molar-refractivity contribution in [2.24, 2.45) is 0 Å². The zero-order valence-electron chi connectivity index (χ0n) is 8.75. The highest BCUT2D eigenvalue weighted by Crippen LogP contribution is 1.94. The highest BCUT2D eigenvalue weighted by atomic mass is 16.5. The highest BCUT2D eigenvalue weighted by Gasteiger charge is 1.93. The zero-order chi connectivity index (χ0) is 11.1. The van der Waals surface area contributed by atoms with Crippen molar-refractivity contribution in [2.75, 3.05) is 25.1 Å². The van der Waals surface area contributed by atoms with E-state index in [-0.39, 0.29) is 5.56 Å². The Morgan fingerprint density at radius 3 is 3.20 bits per heavy atom. The molecule has 82 valence electrons. The maximum Gasteiger partial charge on any atom is 0.252 e. The summed E-state index contributed by atoms with van der Waals surface area (Å²) >= 11 is 0. The molecule has 1 aromatic rings. The molecule has 0 aliphatic rings. The summed E-state index contributed by atoms with van der Waals surface area (Å²) in [7, 11) is 0. The van der Waals surface area contributed by atoms with E-state index in [4.69, 9.17) is 4.74 Å². The summed E-state index contributed by atoms with van der Waals surface area (Å²) < 4.78 is 5.27. The lowest BCUT2D eigenvalue weighted by Gasteiger charge is -2.05. The van der Waals surface area contributed by atoms with Gasteiger partial charge in [-0.05, 0) is 6.92 Å². The number of hydrogen-bond donors (Lipinski definition) is 2. The molecule has 1 rings (SSSR count). The van der Waals surface area contributed by atoms with Gasteiger partial charge in [0, 0.05) is 12.6 Å². The quantitative estimate of drug-likeness (QED) is 0.536. The minimum Gasteiger partial charge on any atom is -0.375 e. The second kappa shape index (κ2) is 5.98. The topological polar surface area (TPSA) is 67.0 Å². The second-order valence-corrected chi connectivity index (χ2v) is 3.23. The first-order chi connectivity index (χ1) is 7.18. The van der Waals surface area contributed by atoms with Crippen molar-refractivity contribution in [3.63, 3.8) is 0 Å². The molecule has 5 nitrogen and oxygen atoms in total. The van der Waals surface area contributed by atoms with Crippen LogP contribution in [0, 0.1) is 0 Å². The predicted molar refractivity (Wildman–Crippen MR) is 59.0 cm³/mol. The summed E-state index contributed by atoms with van der Waals surface area (Å²) in [5.41, 5.74) is 0.819. The smallest absolute Gasteiger partial charge is 0.252 e. The van der Waals surface area contributed by atoms with Crippen LogP contribution in [-0.4, -0.2) is 29.7 Å². The molecular formula is C10H15N3O2. The van der Waals surface area contributed by atoms with E-state index < -0.39 is 0 Å². The molecule has 0 spiro atoms. The lowest BCUT2D eigenvalue weighted by atomic mass is 10.4. The van der Waals surface area contributed by atoms with Gasteiger partial charge in [-0.25, -0.2) is 4.98 Å². The molecule has 0 fully saturated rings. The van der Waals surface area contributed by atoms with Crippen LogP contribution in [-0.2, 0) is 4.74 Å². The van der Waals surface area contributed by atoms with Gasteiger partial charge in [0.05, 0.1) is 19.5 Å². The van der Waals surface area contributed by atoms with Crippen molar-refractivity contribution >= 4 is 5.82 Å². The first-order valence-corrected chi connectivity index (χ1v) is 4.69. The fourth-order valence-electron chi connectivity index (χ4n) is 0.963. The van der Waals surface area contributed by atoms with Gasteiger partial charge in [0.25, 0.3) is 5.56 Å². The zero-order valence-corrected chi connectivity index (χ0v) is 8.75. The van der Waals surface area contributed by atoms with E-state index in [1.165, 1.54) is 12.4 Å². The van der Waals surface area contributed by atoms with Crippen LogP contribution >= 0.6 is 0 Å². The lowest BCUT2D eigenvalue weighted by Crippen LogP contribution is -2.13. The highest BCUT2D eigenvalue weighted by molar-refractivity contribution is 5.31. The monoisotopic (exact) mass is 209 g/mol. The Labute approximate surface area is 88.2 Å². The van der Waals surface area contributed by atoms with Gasteiger partial charge in [-0.15, -0.1) is 0 Å². The second-order valence-electron chi connectivity index (χ2n) is 3.23. The largest absolute Gasteiger partial charge is 0.375 e. The number of nitrogens with one attached hydrogen (secondary N) is 2. The third-order valence-electron chi connectivity index (χ3n) is 1.58. The van der Waals surface area contributed by atoms with Crippen LogP contribution in [0.15, 0.2) is 29.3 Å². The molecule has 0 aliphatic heterocycles. The maximum absolute atomic E-state index is 10.9. The number of anilines is 1. The van der Waals surface area contributed by atoms with Gasteiger partial charge in [-0.1, -0.05) is 12.2 Å². The molecule has 1 aromatic heterocycles. The van der Waals surface area contributed by atoms with E-state index in [0.29, 0.717) is 25.6 Å². The van der Waals surface area contributed by atoms with Crippen LogP contribution in [0.2, 0.25) is 0 Å². The first-order valence-electron chi connectivity index (χ1n) is 4.69. The molecule has 0 bridgehead atoms.